The molecular formula is C15H19N5O2. The van der Waals surface area contributed by atoms with Crippen LogP contribution in [-0.4, -0.2) is 43.7 Å². The van der Waals surface area contributed by atoms with Crippen LogP contribution in [0.25, 0.3) is 5.69 Å². The van der Waals surface area contributed by atoms with Crippen molar-refractivity contribution >= 4 is 5.91 Å². The minimum absolute atomic E-state index is 0.00543. The van der Waals surface area contributed by atoms with E-state index in [0.29, 0.717) is 25.2 Å². The summed E-state index contributed by atoms with van der Waals surface area (Å²) in [6.45, 7) is 3.20. The fourth-order valence-corrected chi connectivity index (χ4v) is 2.80. The molecule has 1 amide bonds. The molecule has 3 rings (SSSR count). The third kappa shape index (κ3) is 2.66. The van der Waals surface area contributed by atoms with Gasteiger partial charge in [0.05, 0.1) is 11.7 Å². The van der Waals surface area contributed by atoms with Crippen LogP contribution in [0.1, 0.15) is 32.2 Å². The molecule has 1 aromatic carbocycles. The van der Waals surface area contributed by atoms with Crippen LogP contribution in [0.15, 0.2) is 35.1 Å². The van der Waals surface area contributed by atoms with Gasteiger partial charge in [-0.15, -0.1) is 0 Å². The van der Waals surface area contributed by atoms with Gasteiger partial charge in [0.2, 0.25) is 5.91 Å². The highest BCUT2D eigenvalue weighted by atomic mass is 16.2. The van der Waals surface area contributed by atoms with E-state index in [9.17, 15) is 9.59 Å². The lowest BCUT2D eigenvalue weighted by molar-refractivity contribution is -0.132. The SMILES string of the molecule is CCC(=O)N1CCC(n2nnn(-c3ccccc3)c2=O)CC1. The molecule has 1 aliphatic heterocycles. The van der Waals surface area contributed by atoms with E-state index in [1.807, 2.05) is 42.2 Å². The lowest BCUT2D eigenvalue weighted by Crippen LogP contribution is -2.41. The molecule has 0 atom stereocenters. The van der Waals surface area contributed by atoms with E-state index in [1.165, 1.54) is 9.36 Å². The number of piperidine rings is 1. The highest BCUT2D eigenvalue weighted by Crippen LogP contribution is 2.20. The Hall–Kier alpha value is -2.44. The average Bonchev–Trinajstić information content (AvgIpc) is 2.96. The van der Waals surface area contributed by atoms with E-state index >= 15 is 0 Å². The number of likely N-dealkylation sites (tertiary alicyclic amines) is 1. The van der Waals surface area contributed by atoms with Gasteiger partial charge in [-0.05, 0) is 35.4 Å². The number of tetrazole rings is 1. The maximum Gasteiger partial charge on any atom is 0.368 e. The Labute approximate surface area is 128 Å². The first kappa shape index (κ1) is 14.5. The van der Waals surface area contributed by atoms with Gasteiger partial charge in [0.15, 0.2) is 0 Å². The van der Waals surface area contributed by atoms with Crippen molar-refractivity contribution in [3.05, 3.63) is 40.8 Å². The molecule has 2 heterocycles. The minimum Gasteiger partial charge on any atom is -0.343 e. The molecule has 7 nitrogen and oxygen atoms in total. The van der Waals surface area contributed by atoms with Gasteiger partial charge in [-0.2, -0.15) is 9.36 Å². The molecule has 0 unspecified atom stereocenters. The van der Waals surface area contributed by atoms with E-state index in [-0.39, 0.29) is 17.6 Å². The third-order valence-corrected chi connectivity index (χ3v) is 4.07. The van der Waals surface area contributed by atoms with Gasteiger partial charge in [-0.3, -0.25) is 4.79 Å². The summed E-state index contributed by atoms with van der Waals surface area (Å²) in [5, 5.41) is 7.99. The van der Waals surface area contributed by atoms with Crippen molar-refractivity contribution in [2.75, 3.05) is 13.1 Å². The number of carbonyl (C=O) groups is 1. The number of hydrogen-bond acceptors (Lipinski definition) is 4. The summed E-state index contributed by atoms with van der Waals surface area (Å²) in [4.78, 5) is 26.0. The van der Waals surface area contributed by atoms with Crippen LogP contribution in [0.3, 0.4) is 0 Å². The standard InChI is InChI=1S/C15H19N5O2/c1-2-14(21)18-10-8-13(9-11-18)20-15(22)19(16-17-20)12-6-4-3-5-7-12/h3-7,13H,2,8-11H2,1H3. The van der Waals surface area contributed by atoms with Crippen molar-refractivity contribution in [2.24, 2.45) is 0 Å². The maximum absolute atomic E-state index is 12.5. The van der Waals surface area contributed by atoms with Crippen LogP contribution in [-0.2, 0) is 4.79 Å². The van der Waals surface area contributed by atoms with Crippen LogP contribution in [0.5, 0.6) is 0 Å². The molecule has 7 heteroatoms. The fourth-order valence-electron chi connectivity index (χ4n) is 2.80. The monoisotopic (exact) mass is 301 g/mol. The van der Waals surface area contributed by atoms with Crippen LogP contribution in [0, 0.1) is 0 Å². The minimum atomic E-state index is -0.230. The Morgan fingerprint density at radius 2 is 1.86 bits per heavy atom. The van der Waals surface area contributed by atoms with Crippen molar-refractivity contribution < 1.29 is 4.79 Å². The largest absolute Gasteiger partial charge is 0.368 e. The number of para-hydroxylation sites is 1. The highest BCUT2D eigenvalue weighted by Gasteiger charge is 2.25. The zero-order valence-electron chi connectivity index (χ0n) is 12.6. The second-order valence-corrected chi connectivity index (χ2v) is 5.42. The smallest absolute Gasteiger partial charge is 0.343 e. The number of aromatic nitrogens is 4. The molecule has 2 aromatic rings. The van der Waals surface area contributed by atoms with Crippen molar-refractivity contribution in [2.45, 2.75) is 32.2 Å². The van der Waals surface area contributed by atoms with E-state index in [0.717, 1.165) is 12.8 Å². The molecule has 116 valence electrons. The van der Waals surface area contributed by atoms with E-state index in [2.05, 4.69) is 10.4 Å². The Balaban J connectivity index is 1.76. The Bertz CT molecular complexity index is 698. The molecular weight excluding hydrogens is 282 g/mol. The molecule has 1 aromatic heterocycles. The topological polar surface area (TPSA) is 73.0 Å². The van der Waals surface area contributed by atoms with Gasteiger partial charge in [-0.1, -0.05) is 25.1 Å². The van der Waals surface area contributed by atoms with Crippen molar-refractivity contribution in [3.8, 4) is 5.69 Å². The number of carbonyl (C=O) groups excluding carboxylic acids is 1. The van der Waals surface area contributed by atoms with E-state index in [4.69, 9.17) is 0 Å². The molecule has 0 bridgehead atoms. The van der Waals surface area contributed by atoms with Crippen LogP contribution >= 0.6 is 0 Å². The zero-order valence-corrected chi connectivity index (χ0v) is 12.6. The summed E-state index contributed by atoms with van der Waals surface area (Å²) in [5.74, 6) is 0.165. The molecule has 0 saturated carbocycles. The predicted molar refractivity (Wildman–Crippen MR) is 80.8 cm³/mol. The summed E-state index contributed by atoms with van der Waals surface area (Å²) in [7, 11) is 0. The summed E-state index contributed by atoms with van der Waals surface area (Å²) in [5.41, 5.74) is 0.476. The summed E-state index contributed by atoms with van der Waals surface area (Å²) >= 11 is 0. The molecule has 0 aliphatic carbocycles. The molecule has 1 fully saturated rings. The normalized spacial score (nSPS) is 16.0. The molecule has 0 radical (unpaired) electrons. The first-order valence-electron chi connectivity index (χ1n) is 7.58. The Morgan fingerprint density at radius 1 is 1.18 bits per heavy atom. The molecule has 1 saturated heterocycles. The lowest BCUT2D eigenvalue weighted by atomic mass is 10.1. The second kappa shape index (κ2) is 6.13. The van der Waals surface area contributed by atoms with Crippen molar-refractivity contribution in [1.82, 2.24) is 24.7 Å². The van der Waals surface area contributed by atoms with Crippen molar-refractivity contribution in [1.29, 1.82) is 0 Å². The van der Waals surface area contributed by atoms with Crippen molar-refractivity contribution in [3.63, 3.8) is 0 Å². The Morgan fingerprint density at radius 3 is 2.50 bits per heavy atom. The number of hydrogen-bond donors (Lipinski definition) is 0. The predicted octanol–water partition coefficient (Wildman–Crippen LogP) is 1.00. The van der Waals surface area contributed by atoms with Gasteiger partial charge in [-0.25, -0.2) is 4.79 Å². The number of rotatable bonds is 3. The molecule has 22 heavy (non-hydrogen) atoms. The van der Waals surface area contributed by atoms with Gasteiger partial charge < -0.3 is 4.90 Å². The van der Waals surface area contributed by atoms with Gasteiger partial charge in [0, 0.05) is 19.5 Å². The highest BCUT2D eigenvalue weighted by molar-refractivity contribution is 5.75. The summed E-state index contributed by atoms with van der Waals surface area (Å²) in [6.07, 6.45) is 1.99. The first-order chi connectivity index (χ1) is 10.7. The third-order valence-electron chi connectivity index (χ3n) is 4.07. The lowest BCUT2D eigenvalue weighted by Gasteiger charge is -2.31. The van der Waals surface area contributed by atoms with Crippen LogP contribution in [0.2, 0.25) is 0 Å². The van der Waals surface area contributed by atoms with E-state index < -0.39 is 0 Å². The van der Waals surface area contributed by atoms with Crippen LogP contribution < -0.4 is 5.69 Å². The van der Waals surface area contributed by atoms with Gasteiger partial charge in [0.25, 0.3) is 0 Å². The summed E-state index contributed by atoms with van der Waals surface area (Å²) in [6, 6.07) is 9.25. The number of amides is 1. The van der Waals surface area contributed by atoms with E-state index in [1.54, 1.807) is 0 Å². The second-order valence-electron chi connectivity index (χ2n) is 5.42. The average molecular weight is 301 g/mol. The fraction of sp³-hybridized carbons (Fsp3) is 0.467. The molecule has 0 N–H and O–H groups in total. The Kier molecular flexibility index (Phi) is 4.04. The van der Waals surface area contributed by atoms with Gasteiger partial charge >= 0.3 is 5.69 Å². The first-order valence-corrected chi connectivity index (χ1v) is 7.58. The zero-order chi connectivity index (χ0) is 15.5. The maximum atomic E-state index is 12.5. The van der Waals surface area contributed by atoms with Gasteiger partial charge in [0.1, 0.15) is 0 Å². The van der Waals surface area contributed by atoms with Crippen LogP contribution in [0.4, 0.5) is 0 Å². The molecule has 1 aliphatic rings. The number of benzene rings is 1. The quantitative estimate of drug-likeness (QED) is 0.848. The summed E-state index contributed by atoms with van der Waals surface area (Å²) < 4.78 is 2.75. The number of nitrogens with zero attached hydrogens (tertiary/aromatic N) is 5. The molecule has 0 spiro atoms.